The second-order valence-corrected chi connectivity index (χ2v) is 9.35. The lowest BCUT2D eigenvalue weighted by Gasteiger charge is -2.12. The average molecular weight is 457 g/mol. The molecule has 2 heterocycles. The van der Waals surface area contributed by atoms with Crippen molar-refractivity contribution >= 4 is 38.2 Å². The quantitative estimate of drug-likeness (QED) is 0.342. The van der Waals surface area contributed by atoms with Crippen molar-refractivity contribution in [2.24, 2.45) is 0 Å². The van der Waals surface area contributed by atoms with Crippen LogP contribution < -0.4 is 10.0 Å². The molecule has 0 bridgehead atoms. The van der Waals surface area contributed by atoms with Crippen LogP contribution in [0, 0.1) is 0 Å². The monoisotopic (exact) mass is 456 g/mol. The van der Waals surface area contributed by atoms with Crippen LogP contribution in [0.3, 0.4) is 0 Å². The minimum atomic E-state index is -3.40. The van der Waals surface area contributed by atoms with Gasteiger partial charge in [0.05, 0.1) is 11.9 Å². The van der Waals surface area contributed by atoms with Crippen LogP contribution in [0.4, 0.5) is 17.4 Å². The van der Waals surface area contributed by atoms with Crippen LogP contribution in [-0.2, 0) is 10.0 Å². The van der Waals surface area contributed by atoms with E-state index in [2.05, 4.69) is 20.0 Å². The number of fused-ring (bicyclic) bond motifs is 1. The van der Waals surface area contributed by atoms with Gasteiger partial charge in [-0.05, 0) is 41.3 Å². The van der Waals surface area contributed by atoms with Gasteiger partial charge in [-0.1, -0.05) is 42.5 Å². The summed E-state index contributed by atoms with van der Waals surface area (Å²) in [6.45, 7) is 0. The molecule has 0 aliphatic heterocycles. The molecular formula is C25H20N4O3S. The van der Waals surface area contributed by atoms with Gasteiger partial charge in [0.25, 0.3) is 6.01 Å². The molecule has 3 aromatic carbocycles. The molecule has 0 radical (unpaired) electrons. The van der Waals surface area contributed by atoms with Crippen LogP contribution in [0.2, 0.25) is 0 Å². The van der Waals surface area contributed by atoms with Gasteiger partial charge in [-0.2, -0.15) is 4.98 Å². The number of hydrogen-bond acceptors (Lipinski definition) is 6. The Morgan fingerprint density at radius 3 is 2.64 bits per heavy atom. The number of benzene rings is 3. The lowest BCUT2D eigenvalue weighted by molar-refractivity contribution is 0.578. The van der Waals surface area contributed by atoms with Gasteiger partial charge in [-0.15, -0.1) is 0 Å². The Balaban J connectivity index is 1.41. The molecule has 0 amide bonds. The van der Waals surface area contributed by atoms with Crippen LogP contribution in [0.1, 0.15) is 0 Å². The molecule has 0 fully saturated rings. The number of aromatic nitrogens is 2. The standard InChI is InChI=1S/C25H20N4O3S/c1-33(30,31)29-23-8-3-2-7-22(23)18-5-4-6-21(14-18)27-25-28-24(16-32-25)19-9-10-20-15-26-12-11-17(20)13-19/h2-16,29H,1H3,(H,27,28). The highest BCUT2D eigenvalue weighted by molar-refractivity contribution is 7.92. The molecule has 2 aromatic heterocycles. The first-order valence-corrected chi connectivity index (χ1v) is 12.1. The SMILES string of the molecule is CS(=O)(=O)Nc1ccccc1-c1cccc(Nc2nc(-c3ccc4cnccc4c3)co2)c1. The van der Waals surface area contributed by atoms with E-state index < -0.39 is 10.0 Å². The second kappa shape index (κ2) is 8.40. The summed E-state index contributed by atoms with van der Waals surface area (Å²) in [5.41, 5.74) is 4.56. The molecule has 5 rings (SSSR count). The molecular weight excluding hydrogens is 436 g/mol. The van der Waals surface area contributed by atoms with E-state index in [0.717, 1.165) is 45.1 Å². The van der Waals surface area contributed by atoms with E-state index in [1.807, 2.05) is 66.9 Å². The maximum absolute atomic E-state index is 11.7. The first kappa shape index (κ1) is 20.7. The van der Waals surface area contributed by atoms with Crippen LogP contribution in [-0.4, -0.2) is 24.6 Å². The third kappa shape index (κ3) is 4.70. The van der Waals surface area contributed by atoms with E-state index in [-0.39, 0.29) is 0 Å². The van der Waals surface area contributed by atoms with Crippen molar-refractivity contribution in [2.45, 2.75) is 0 Å². The van der Waals surface area contributed by atoms with Gasteiger partial charge in [0.1, 0.15) is 12.0 Å². The molecule has 0 spiro atoms. The maximum atomic E-state index is 11.7. The first-order valence-electron chi connectivity index (χ1n) is 10.2. The van der Waals surface area contributed by atoms with Gasteiger partial charge in [0.15, 0.2) is 0 Å². The highest BCUT2D eigenvalue weighted by Crippen LogP contribution is 2.31. The molecule has 0 saturated heterocycles. The van der Waals surface area contributed by atoms with Crippen molar-refractivity contribution in [3.05, 3.63) is 91.5 Å². The number of pyridine rings is 1. The van der Waals surface area contributed by atoms with Crippen molar-refractivity contribution in [2.75, 3.05) is 16.3 Å². The zero-order valence-corrected chi connectivity index (χ0v) is 18.5. The van der Waals surface area contributed by atoms with Gasteiger partial charge >= 0.3 is 0 Å². The van der Waals surface area contributed by atoms with E-state index in [1.165, 1.54) is 0 Å². The zero-order valence-electron chi connectivity index (χ0n) is 17.7. The third-order valence-electron chi connectivity index (χ3n) is 5.09. The summed E-state index contributed by atoms with van der Waals surface area (Å²) in [6.07, 6.45) is 6.33. The van der Waals surface area contributed by atoms with Crippen molar-refractivity contribution in [3.8, 4) is 22.4 Å². The highest BCUT2D eigenvalue weighted by atomic mass is 32.2. The Bertz CT molecular complexity index is 1560. The van der Waals surface area contributed by atoms with Crippen molar-refractivity contribution in [3.63, 3.8) is 0 Å². The Hall–Kier alpha value is -4.17. The lowest BCUT2D eigenvalue weighted by atomic mass is 10.0. The van der Waals surface area contributed by atoms with E-state index in [1.54, 1.807) is 24.6 Å². The number of oxazole rings is 1. The fourth-order valence-electron chi connectivity index (χ4n) is 3.62. The maximum Gasteiger partial charge on any atom is 0.299 e. The Morgan fingerprint density at radius 1 is 0.879 bits per heavy atom. The summed E-state index contributed by atoms with van der Waals surface area (Å²) in [5, 5.41) is 5.32. The minimum absolute atomic E-state index is 0.361. The Labute approximate surface area is 191 Å². The van der Waals surface area contributed by atoms with Crippen molar-refractivity contribution in [1.82, 2.24) is 9.97 Å². The summed E-state index contributed by atoms with van der Waals surface area (Å²) >= 11 is 0. The average Bonchev–Trinajstić information content (AvgIpc) is 3.27. The molecule has 33 heavy (non-hydrogen) atoms. The molecule has 0 saturated carbocycles. The normalized spacial score (nSPS) is 11.4. The topological polar surface area (TPSA) is 97.1 Å². The lowest BCUT2D eigenvalue weighted by Crippen LogP contribution is -2.10. The molecule has 5 aromatic rings. The Kier molecular flexibility index (Phi) is 5.27. The van der Waals surface area contributed by atoms with E-state index >= 15 is 0 Å². The molecule has 7 nitrogen and oxygen atoms in total. The predicted octanol–water partition coefficient (Wildman–Crippen LogP) is 5.67. The van der Waals surface area contributed by atoms with Gasteiger partial charge < -0.3 is 9.73 Å². The molecule has 0 atom stereocenters. The molecule has 0 aliphatic rings. The van der Waals surface area contributed by atoms with Crippen molar-refractivity contribution in [1.29, 1.82) is 0 Å². The number of hydrogen-bond donors (Lipinski definition) is 2. The van der Waals surface area contributed by atoms with E-state index in [9.17, 15) is 8.42 Å². The number of rotatable bonds is 6. The fraction of sp³-hybridized carbons (Fsp3) is 0.0400. The third-order valence-corrected chi connectivity index (χ3v) is 5.68. The molecule has 0 unspecified atom stereocenters. The summed E-state index contributed by atoms with van der Waals surface area (Å²) in [5.74, 6) is 0. The summed E-state index contributed by atoms with van der Waals surface area (Å²) in [6, 6.07) is 23.2. The van der Waals surface area contributed by atoms with Gasteiger partial charge in [-0.25, -0.2) is 8.42 Å². The Morgan fingerprint density at radius 2 is 1.76 bits per heavy atom. The van der Waals surface area contributed by atoms with E-state index in [4.69, 9.17) is 4.42 Å². The first-order chi connectivity index (χ1) is 15.9. The predicted molar refractivity (Wildman–Crippen MR) is 131 cm³/mol. The van der Waals surface area contributed by atoms with Crippen molar-refractivity contribution < 1.29 is 12.8 Å². The second-order valence-electron chi connectivity index (χ2n) is 7.60. The largest absolute Gasteiger partial charge is 0.431 e. The van der Waals surface area contributed by atoms with Gasteiger partial charge in [0, 0.05) is 34.6 Å². The summed E-state index contributed by atoms with van der Waals surface area (Å²) < 4.78 is 31.7. The summed E-state index contributed by atoms with van der Waals surface area (Å²) in [4.78, 5) is 8.71. The smallest absolute Gasteiger partial charge is 0.299 e. The molecule has 2 N–H and O–H groups in total. The van der Waals surface area contributed by atoms with Gasteiger partial charge in [-0.3, -0.25) is 9.71 Å². The fourth-order valence-corrected chi connectivity index (χ4v) is 4.20. The van der Waals surface area contributed by atoms with Crippen LogP contribution >= 0.6 is 0 Å². The number of anilines is 3. The molecule has 164 valence electrons. The van der Waals surface area contributed by atoms with Crippen LogP contribution in [0.15, 0.2) is 95.9 Å². The van der Waals surface area contributed by atoms with Crippen LogP contribution in [0.5, 0.6) is 0 Å². The number of para-hydroxylation sites is 1. The minimum Gasteiger partial charge on any atom is -0.431 e. The number of nitrogens with zero attached hydrogens (tertiary/aromatic N) is 2. The van der Waals surface area contributed by atoms with E-state index in [0.29, 0.717) is 11.7 Å². The summed E-state index contributed by atoms with van der Waals surface area (Å²) in [7, 11) is -3.40. The number of sulfonamides is 1. The van der Waals surface area contributed by atoms with Gasteiger partial charge in [0.2, 0.25) is 10.0 Å². The molecule has 8 heteroatoms. The van der Waals surface area contributed by atoms with Crippen LogP contribution in [0.25, 0.3) is 33.2 Å². The number of nitrogens with one attached hydrogen (secondary N) is 2. The highest BCUT2D eigenvalue weighted by Gasteiger charge is 2.11. The molecule has 0 aliphatic carbocycles. The zero-order chi connectivity index (χ0) is 22.8.